The van der Waals surface area contributed by atoms with Crippen LogP contribution in [0.1, 0.15) is 16.9 Å². The Labute approximate surface area is 183 Å². The fourth-order valence-electron chi connectivity index (χ4n) is 4.82. The zero-order chi connectivity index (χ0) is 20.6. The SMILES string of the molecule is CN(C)S(=O)(=O)N1CC2CN(Cc3ccc(Cl)s3)CC2(CCc2ccccc2)C1. The van der Waals surface area contributed by atoms with E-state index < -0.39 is 10.2 Å². The number of rotatable bonds is 7. The number of benzene rings is 1. The van der Waals surface area contributed by atoms with Crippen molar-refractivity contribution in [3.05, 3.63) is 57.2 Å². The van der Waals surface area contributed by atoms with Crippen molar-refractivity contribution in [2.45, 2.75) is 19.4 Å². The summed E-state index contributed by atoms with van der Waals surface area (Å²) in [6.07, 6.45) is 1.98. The van der Waals surface area contributed by atoms with E-state index in [9.17, 15) is 8.42 Å². The van der Waals surface area contributed by atoms with E-state index >= 15 is 0 Å². The lowest BCUT2D eigenvalue weighted by molar-refractivity contribution is 0.223. The van der Waals surface area contributed by atoms with Crippen LogP contribution in [0.2, 0.25) is 4.34 Å². The molecule has 2 aromatic rings. The highest BCUT2D eigenvalue weighted by atomic mass is 35.5. The Morgan fingerprint density at radius 3 is 2.55 bits per heavy atom. The maximum absolute atomic E-state index is 12.8. The molecule has 0 radical (unpaired) electrons. The molecule has 0 aliphatic carbocycles. The Bertz CT molecular complexity index is 948. The molecule has 3 heterocycles. The number of aryl methyl sites for hydroxylation is 1. The monoisotopic (exact) mass is 453 g/mol. The van der Waals surface area contributed by atoms with Crippen molar-refractivity contribution in [3.63, 3.8) is 0 Å². The van der Waals surface area contributed by atoms with E-state index in [-0.39, 0.29) is 5.41 Å². The van der Waals surface area contributed by atoms with Crippen LogP contribution < -0.4 is 0 Å². The molecule has 29 heavy (non-hydrogen) atoms. The molecule has 1 aromatic heterocycles. The molecule has 0 saturated carbocycles. The van der Waals surface area contributed by atoms with Gasteiger partial charge in [0.25, 0.3) is 10.2 Å². The summed E-state index contributed by atoms with van der Waals surface area (Å²) in [6, 6.07) is 14.6. The van der Waals surface area contributed by atoms with Crippen LogP contribution in [0, 0.1) is 11.3 Å². The Balaban J connectivity index is 1.53. The molecule has 2 unspecified atom stereocenters. The van der Waals surface area contributed by atoms with Gasteiger partial charge in [0, 0.05) is 57.1 Å². The fourth-order valence-corrected chi connectivity index (χ4v) is 7.20. The van der Waals surface area contributed by atoms with Crippen molar-refractivity contribution < 1.29 is 8.42 Å². The molecule has 4 rings (SSSR count). The molecular weight excluding hydrogens is 426 g/mol. The molecule has 2 atom stereocenters. The average molecular weight is 454 g/mol. The largest absolute Gasteiger partial charge is 0.297 e. The summed E-state index contributed by atoms with van der Waals surface area (Å²) >= 11 is 7.74. The standard InChI is InChI=1S/C21H28ClN3O2S2/c1-23(2)29(26,27)25-13-18-12-24(14-19-8-9-20(22)28-19)15-21(18,16-25)11-10-17-6-4-3-5-7-17/h3-9,18H,10-16H2,1-2H3. The second-order valence-electron chi connectivity index (χ2n) is 8.50. The lowest BCUT2D eigenvalue weighted by Crippen LogP contribution is -2.42. The molecular formula is C21H28ClN3O2S2. The Kier molecular flexibility index (Phi) is 6.08. The van der Waals surface area contributed by atoms with E-state index in [4.69, 9.17) is 11.6 Å². The summed E-state index contributed by atoms with van der Waals surface area (Å²) in [6.45, 7) is 3.97. The third-order valence-electron chi connectivity index (χ3n) is 6.35. The number of thiophene rings is 1. The minimum absolute atomic E-state index is 0.0000242. The molecule has 0 bridgehead atoms. The van der Waals surface area contributed by atoms with Gasteiger partial charge in [0.1, 0.15) is 0 Å². The van der Waals surface area contributed by atoms with Gasteiger partial charge in [0.05, 0.1) is 4.34 Å². The van der Waals surface area contributed by atoms with E-state index in [0.29, 0.717) is 19.0 Å². The highest BCUT2D eigenvalue weighted by molar-refractivity contribution is 7.86. The number of likely N-dealkylation sites (tertiary alicyclic amines) is 1. The summed E-state index contributed by atoms with van der Waals surface area (Å²) in [5.74, 6) is 0.358. The molecule has 2 fully saturated rings. The normalized spacial score (nSPS) is 25.7. The molecule has 5 nitrogen and oxygen atoms in total. The highest BCUT2D eigenvalue weighted by Gasteiger charge is 2.54. The van der Waals surface area contributed by atoms with Crippen molar-refractivity contribution in [2.75, 3.05) is 40.3 Å². The summed E-state index contributed by atoms with van der Waals surface area (Å²) in [7, 11) is -0.144. The molecule has 158 valence electrons. The first kappa shape index (κ1) is 21.3. The van der Waals surface area contributed by atoms with Gasteiger partial charge >= 0.3 is 0 Å². The Hall–Kier alpha value is -0.960. The van der Waals surface area contributed by atoms with Gasteiger partial charge in [0.2, 0.25) is 0 Å². The van der Waals surface area contributed by atoms with Gasteiger partial charge in [-0.1, -0.05) is 41.9 Å². The smallest absolute Gasteiger partial charge is 0.281 e. The van der Waals surface area contributed by atoms with Crippen molar-refractivity contribution in [3.8, 4) is 0 Å². The quantitative estimate of drug-likeness (QED) is 0.643. The van der Waals surface area contributed by atoms with E-state index in [1.165, 1.54) is 14.7 Å². The van der Waals surface area contributed by atoms with Gasteiger partial charge in [0.15, 0.2) is 0 Å². The van der Waals surface area contributed by atoms with Crippen molar-refractivity contribution in [1.29, 1.82) is 0 Å². The Morgan fingerprint density at radius 2 is 1.90 bits per heavy atom. The average Bonchev–Trinajstić information content (AvgIpc) is 3.33. The van der Waals surface area contributed by atoms with Crippen LogP contribution in [-0.2, 0) is 23.2 Å². The van der Waals surface area contributed by atoms with Gasteiger partial charge in [-0.15, -0.1) is 11.3 Å². The van der Waals surface area contributed by atoms with Crippen LogP contribution in [0.5, 0.6) is 0 Å². The van der Waals surface area contributed by atoms with E-state index in [1.54, 1.807) is 29.7 Å². The van der Waals surface area contributed by atoms with Crippen molar-refractivity contribution >= 4 is 33.1 Å². The fraction of sp³-hybridized carbons (Fsp3) is 0.524. The van der Waals surface area contributed by atoms with E-state index in [2.05, 4.69) is 35.2 Å². The van der Waals surface area contributed by atoms with Gasteiger partial charge < -0.3 is 0 Å². The first-order valence-corrected chi connectivity index (χ1v) is 12.6. The van der Waals surface area contributed by atoms with E-state index in [0.717, 1.165) is 36.8 Å². The van der Waals surface area contributed by atoms with Crippen LogP contribution in [0.3, 0.4) is 0 Å². The molecule has 0 N–H and O–H groups in total. The molecule has 0 amide bonds. The summed E-state index contributed by atoms with van der Waals surface area (Å²) in [4.78, 5) is 3.75. The Morgan fingerprint density at radius 1 is 1.14 bits per heavy atom. The lowest BCUT2D eigenvalue weighted by Gasteiger charge is -2.30. The summed E-state index contributed by atoms with van der Waals surface area (Å²) in [5.41, 5.74) is 1.32. The highest BCUT2D eigenvalue weighted by Crippen LogP contribution is 2.47. The number of hydrogen-bond donors (Lipinski definition) is 0. The van der Waals surface area contributed by atoms with Crippen molar-refractivity contribution in [1.82, 2.24) is 13.5 Å². The molecule has 2 aliphatic heterocycles. The van der Waals surface area contributed by atoms with Crippen LogP contribution >= 0.6 is 22.9 Å². The molecule has 2 aliphatic rings. The zero-order valence-corrected chi connectivity index (χ0v) is 19.3. The third kappa shape index (κ3) is 4.40. The second-order valence-corrected chi connectivity index (χ2v) is 12.4. The maximum atomic E-state index is 12.8. The topological polar surface area (TPSA) is 43.9 Å². The lowest BCUT2D eigenvalue weighted by atomic mass is 9.76. The first-order chi connectivity index (χ1) is 13.8. The minimum atomic E-state index is -3.38. The molecule has 0 spiro atoms. The predicted molar refractivity (Wildman–Crippen MR) is 119 cm³/mol. The molecule has 1 aromatic carbocycles. The minimum Gasteiger partial charge on any atom is -0.297 e. The number of nitrogens with zero attached hydrogens (tertiary/aromatic N) is 3. The summed E-state index contributed by atoms with van der Waals surface area (Å²) < 4.78 is 29.4. The molecule has 2 saturated heterocycles. The predicted octanol–water partition coefficient (Wildman–Crippen LogP) is 3.57. The van der Waals surface area contributed by atoms with Crippen LogP contribution in [-0.4, -0.2) is 62.2 Å². The van der Waals surface area contributed by atoms with Gasteiger partial charge in [-0.25, -0.2) is 0 Å². The first-order valence-electron chi connectivity index (χ1n) is 9.97. The van der Waals surface area contributed by atoms with Crippen LogP contribution in [0.15, 0.2) is 42.5 Å². The van der Waals surface area contributed by atoms with Crippen molar-refractivity contribution in [2.24, 2.45) is 11.3 Å². The zero-order valence-electron chi connectivity index (χ0n) is 16.9. The summed E-state index contributed by atoms with van der Waals surface area (Å²) in [5, 5.41) is 0. The third-order valence-corrected chi connectivity index (χ3v) is 9.42. The van der Waals surface area contributed by atoms with Gasteiger partial charge in [-0.3, -0.25) is 4.90 Å². The van der Waals surface area contributed by atoms with Crippen LogP contribution in [0.4, 0.5) is 0 Å². The number of hydrogen-bond acceptors (Lipinski definition) is 4. The van der Waals surface area contributed by atoms with Gasteiger partial charge in [-0.05, 0) is 36.5 Å². The molecule has 8 heteroatoms. The van der Waals surface area contributed by atoms with E-state index in [1.807, 2.05) is 12.1 Å². The number of fused-ring (bicyclic) bond motifs is 1. The second kappa shape index (κ2) is 8.29. The van der Waals surface area contributed by atoms with Gasteiger partial charge in [-0.2, -0.15) is 17.0 Å². The number of halogens is 1. The van der Waals surface area contributed by atoms with Crippen LogP contribution in [0.25, 0.3) is 0 Å². The maximum Gasteiger partial charge on any atom is 0.281 e.